The quantitative estimate of drug-likeness (QED) is 0.289. The number of carbonyl (C=O) groups is 1. The molecule has 8 nitrogen and oxygen atoms in total. The third kappa shape index (κ3) is 5.91. The summed E-state index contributed by atoms with van der Waals surface area (Å²) in [6, 6.07) is 9.84. The van der Waals surface area contributed by atoms with Crippen molar-refractivity contribution in [2.75, 3.05) is 20.6 Å². The lowest BCUT2D eigenvalue weighted by molar-refractivity contribution is -0.143. The van der Waals surface area contributed by atoms with Crippen molar-refractivity contribution in [1.82, 2.24) is 20.8 Å². The summed E-state index contributed by atoms with van der Waals surface area (Å²) >= 11 is 0. The largest absolute Gasteiger partial charge is 0.414 e. The molecule has 0 aliphatic carbocycles. The number of nitrogens with one attached hydrogen (secondary N) is 2. The highest BCUT2D eigenvalue weighted by Crippen LogP contribution is 2.15. The first-order valence-electron chi connectivity index (χ1n) is 7.91. The van der Waals surface area contributed by atoms with E-state index in [9.17, 15) is 4.79 Å². The van der Waals surface area contributed by atoms with E-state index in [2.05, 4.69) is 21.2 Å². The van der Waals surface area contributed by atoms with Gasteiger partial charge >= 0.3 is 7.62 Å². The third-order valence-electron chi connectivity index (χ3n) is 3.61. The molecule has 24 heavy (non-hydrogen) atoms. The summed E-state index contributed by atoms with van der Waals surface area (Å²) < 4.78 is 5.42. The van der Waals surface area contributed by atoms with Crippen LogP contribution in [0, 0.1) is 0 Å². The first-order valence-corrected chi connectivity index (χ1v) is 7.91. The van der Waals surface area contributed by atoms with Gasteiger partial charge in [0.25, 0.3) is 5.91 Å². The summed E-state index contributed by atoms with van der Waals surface area (Å²) in [6.07, 6.45) is 0. The standard InChI is InChI=1S/C15H27BN6O2/c1-6-22(17-4)15(2,3)14(23)21(5)20-19-18-16-24-12-13-10-8-7-9-11-13/h7-11,16-17H,6,12H2,1-5H3,(H,18,20). The zero-order valence-corrected chi connectivity index (χ0v) is 15.1. The van der Waals surface area contributed by atoms with Crippen LogP contribution in [0.5, 0.6) is 0 Å². The Kier molecular flexibility index (Phi) is 8.38. The van der Waals surface area contributed by atoms with E-state index in [0.717, 1.165) is 5.56 Å². The highest BCUT2D eigenvalue weighted by atomic mass is 16.4. The van der Waals surface area contributed by atoms with E-state index in [4.69, 9.17) is 4.65 Å². The number of carbonyl (C=O) groups excluding carboxylic acids is 1. The van der Waals surface area contributed by atoms with Crippen molar-refractivity contribution in [1.29, 1.82) is 0 Å². The maximum atomic E-state index is 12.5. The number of rotatable bonds is 10. The zero-order chi connectivity index (χ0) is 18.0. The predicted molar refractivity (Wildman–Crippen MR) is 94.7 cm³/mol. The number of hydrazine groups is 1. The Morgan fingerprint density at radius 3 is 2.58 bits per heavy atom. The molecule has 0 atom stereocenters. The lowest BCUT2D eigenvalue weighted by Crippen LogP contribution is -2.58. The van der Waals surface area contributed by atoms with Gasteiger partial charge in [-0.1, -0.05) is 42.5 Å². The summed E-state index contributed by atoms with van der Waals surface area (Å²) in [7, 11) is 3.57. The molecule has 0 bridgehead atoms. The van der Waals surface area contributed by atoms with Crippen molar-refractivity contribution in [3.8, 4) is 0 Å². The average molecular weight is 334 g/mol. The molecule has 0 saturated heterocycles. The molecule has 132 valence electrons. The van der Waals surface area contributed by atoms with E-state index in [1.54, 1.807) is 14.1 Å². The highest BCUT2D eigenvalue weighted by Gasteiger charge is 2.36. The van der Waals surface area contributed by atoms with Crippen LogP contribution in [0.2, 0.25) is 0 Å². The van der Waals surface area contributed by atoms with Crippen LogP contribution >= 0.6 is 0 Å². The van der Waals surface area contributed by atoms with Crippen molar-refractivity contribution in [2.24, 2.45) is 10.4 Å². The Balaban J connectivity index is 2.36. The molecule has 0 saturated carbocycles. The van der Waals surface area contributed by atoms with Crippen molar-refractivity contribution in [3.63, 3.8) is 0 Å². The smallest absolute Gasteiger partial charge is 0.412 e. The van der Waals surface area contributed by atoms with E-state index in [0.29, 0.717) is 13.2 Å². The van der Waals surface area contributed by atoms with Gasteiger partial charge in [0.05, 0.1) is 6.61 Å². The first kappa shape index (κ1) is 20.1. The monoisotopic (exact) mass is 334 g/mol. The van der Waals surface area contributed by atoms with Gasteiger partial charge < -0.3 is 9.99 Å². The van der Waals surface area contributed by atoms with Gasteiger partial charge in [-0.25, -0.2) is 10.0 Å². The molecule has 2 N–H and O–H groups in total. The Morgan fingerprint density at radius 2 is 2.00 bits per heavy atom. The molecule has 0 heterocycles. The molecule has 0 fully saturated rings. The summed E-state index contributed by atoms with van der Waals surface area (Å²) in [5.74, 6) is -0.172. The van der Waals surface area contributed by atoms with E-state index in [1.165, 1.54) is 5.01 Å². The topological polar surface area (TPSA) is 81.6 Å². The molecule has 0 aliphatic heterocycles. The van der Waals surface area contributed by atoms with Crippen LogP contribution in [-0.2, 0) is 16.1 Å². The lowest BCUT2D eigenvalue weighted by Gasteiger charge is -2.36. The number of hydrogen-bond acceptors (Lipinski definition) is 6. The molecule has 9 heteroatoms. The molecule has 1 amide bonds. The maximum Gasteiger partial charge on any atom is 0.412 e. The molecule has 0 unspecified atom stereocenters. The van der Waals surface area contributed by atoms with Gasteiger partial charge in [-0.05, 0) is 31.7 Å². The van der Waals surface area contributed by atoms with Crippen molar-refractivity contribution in [3.05, 3.63) is 35.9 Å². The lowest BCUT2D eigenvalue weighted by atomic mass is 10.0. The SMILES string of the molecule is CCN(NC)C(C)(C)C(=O)N(C)N=NNBOCc1ccccc1. The second-order valence-corrected chi connectivity index (χ2v) is 5.68. The van der Waals surface area contributed by atoms with Crippen molar-refractivity contribution < 1.29 is 9.45 Å². The summed E-state index contributed by atoms with van der Waals surface area (Å²) in [6.45, 7) is 6.80. The van der Waals surface area contributed by atoms with Gasteiger partial charge in [-0.15, -0.1) is 0 Å². The van der Waals surface area contributed by atoms with E-state index >= 15 is 0 Å². The minimum atomic E-state index is -0.735. The fourth-order valence-corrected chi connectivity index (χ4v) is 2.30. The van der Waals surface area contributed by atoms with Crippen molar-refractivity contribution >= 4 is 13.5 Å². The van der Waals surface area contributed by atoms with Crippen LogP contribution in [0.3, 0.4) is 0 Å². The number of amides is 1. The van der Waals surface area contributed by atoms with Gasteiger partial charge in [0, 0.05) is 13.6 Å². The second kappa shape index (κ2) is 10.0. The Bertz CT molecular complexity index is 522. The molecular weight excluding hydrogens is 307 g/mol. The number of hydrogen-bond donors (Lipinski definition) is 2. The number of nitrogens with zero attached hydrogens (tertiary/aromatic N) is 4. The Morgan fingerprint density at radius 1 is 1.33 bits per heavy atom. The minimum Gasteiger partial charge on any atom is -0.414 e. The molecule has 0 radical (unpaired) electrons. The number of likely N-dealkylation sites (N-methyl/N-ethyl adjacent to an activating group) is 2. The van der Waals surface area contributed by atoms with Crippen LogP contribution in [0.1, 0.15) is 26.3 Å². The molecule has 0 spiro atoms. The molecule has 0 aromatic heterocycles. The zero-order valence-electron chi connectivity index (χ0n) is 15.1. The minimum absolute atomic E-state index is 0.172. The second-order valence-electron chi connectivity index (χ2n) is 5.68. The normalized spacial score (nSPS) is 11.8. The highest BCUT2D eigenvalue weighted by molar-refractivity contribution is 6.23. The van der Waals surface area contributed by atoms with Crippen LogP contribution < -0.4 is 10.8 Å². The molecule has 1 aromatic rings. The molecule has 1 aromatic carbocycles. The van der Waals surface area contributed by atoms with E-state index in [-0.39, 0.29) is 13.5 Å². The molecule has 0 aliphatic rings. The molecule has 1 rings (SSSR count). The Labute approximate surface area is 144 Å². The van der Waals surface area contributed by atoms with Gasteiger partial charge in [-0.3, -0.25) is 10.2 Å². The van der Waals surface area contributed by atoms with Crippen LogP contribution in [0.25, 0.3) is 0 Å². The van der Waals surface area contributed by atoms with Gasteiger partial charge in [0.15, 0.2) is 0 Å². The van der Waals surface area contributed by atoms with Crippen LogP contribution in [0.4, 0.5) is 0 Å². The van der Waals surface area contributed by atoms with Crippen molar-refractivity contribution in [2.45, 2.75) is 32.9 Å². The predicted octanol–water partition coefficient (Wildman–Crippen LogP) is 1.03. The average Bonchev–Trinajstić information content (AvgIpc) is 2.58. The first-order chi connectivity index (χ1) is 11.4. The van der Waals surface area contributed by atoms with E-state index in [1.807, 2.05) is 56.1 Å². The summed E-state index contributed by atoms with van der Waals surface area (Å²) in [4.78, 5) is 12.5. The van der Waals surface area contributed by atoms with Gasteiger partial charge in [-0.2, -0.15) is 0 Å². The third-order valence-corrected chi connectivity index (χ3v) is 3.61. The summed E-state index contributed by atoms with van der Waals surface area (Å²) in [5, 5.41) is 13.3. The van der Waals surface area contributed by atoms with Crippen LogP contribution in [0.15, 0.2) is 40.8 Å². The van der Waals surface area contributed by atoms with Gasteiger partial charge in [0.2, 0.25) is 0 Å². The fourth-order valence-electron chi connectivity index (χ4n) is 2.30. The van der Waals surface area contributed by atoms with Gasteiger partial charge in [0.1, 0.15) is 5.54 Å². The Hall–Kier alpha value is -1.97. The number of benzene rings is 1. The van der Waals surface area contributed by atoms with Crippen LogP contribution in [-0.4, -0.2) is 49.7 Å². The summed E-state index contributed by atoms with van der Waals surface area (Å²) in [5.41, 5.74) is 3.35. The maximum absolute atomic E-state index is 12.5. The molecular formula is C15H27BN6O2. The fraction of sp³-hybridized carbons (Fsp3) is 0.533. The van der Waals surface area contributed by atoms with E-state index < -0.39 is 5.54 Å².